The van der Waals surface area contributed by atoms with Gasteiger partial charge in [-0.05, 0) is 43.9 Å². The maximum Gasteiger partial charge on any atom is 0.219 e. The lowest BCUT2D eigenvalue weighted by Crippen LogP contribution is -2.47. The molecule has 0 aliphatic carbocycles. The second kappa shape index (κ2) is 6.52. The first-order chi connectivity index (χ1) is 11.7. The van der Waals surface area contributed by atoms with Crippen molar-refractivity contribution in [3.8, 4) is 0 Å². The van der Waals surface area contributed by atoms with Crippen molar-refractivity contribution in [3.05, 3.63) is 42.1 Å². The van der Waals surface area contributed by atoms with Gasteiger partial charge in [-0.25, -0.2) is 0 Å². The number of likely N-dealkylation sites (tertiary alicyclic amines) is 2. The minimum Gasteiger partial charge on any atom is -0.338 e. The Bertz CT molecular complexity index is 739. The molecule has 4 heteroatoms. The van der Waals surface area contributed by atoms with Gasteiger partial charge in [-0.2, -0.15) is 0 Å². The number of nitrogens with zero attached hydrogens (tertiary/aromatic N) is 3. The van der Waals surface area contributed by atoms with E-state index in [9.17, 15) is 4.79 Å². The summed E-state index contributed by atoms with van der Waals surface area (Å²) in [5, 5.41) is 1.21. The maximum atomic E-state index is 12.0. The summed E-state index contributed by atoms with van der Waals surface area (Å²) in [5.41, 5.74) is 2.41. The van der Waals surface area contributed by atoms with Crippen LogP contribution in [0.3, 0.4) is 0 Å². The quantitative estimate of drug-likeness (QED) is 0.870. The Morgan fingerprint density at radius 2 is 1.92 bits per heavy atom. The maximum absolute atomic E-state index is 12.0. The van der Waals surface area contributed by atoms with E-state index in [4.69, 9.17) is 0 Å². The molecule has 4 nitrogen and oxygen atoms in total. The third kappa shape index (κ3) is 2.80. The van der Waals surface area contributed by atoms with E-state index >= 15 is 0 Å². The molecule has 0 radical (unpaired) electrons. The van der Waals surface area contributed by atoms with Gasteiger partial charge in [0.2, 0.25) is 5.91 Å². The first-order valence-corrected chi connectivity index (χ1v) is 9.08. The summed E-state index contributed by atoms with van der Waals surface area (Å²) in [4.78, 5) is 21.2. The van der Waals surface area contributed by atoms with Crippen LogP contribution in [0.2, 0.25) is 0 Å². The second-order valence-electron chi connectivity index (χ2n) is 7.09. The molecule has 4 rings (SSSR count). The number of para-hydroxylation sites is 1. The molecule has 1 amide bonds. The van der Waals surface area contributed by atoms with Crippen LogP contribution in [-0.2, 0) is 11.3 Å². The Hall–Kier alpha value is -1.94. The number of rotatable bonds is 3. The summed E-state index contributed by atoms with van der Waals surface area (Å²) in [7, 11) is 0. The first-order valence-electron chi connectivity index (χ1n) is 9.08. The van der Waals surface area contributed by atoms with Gasteiger partial charge in [-0.15, -0.1) is 0 Å². The topological polar surface area (TPSA) is 36.4 Å². The van der Waals surface area contributed by atoms with Crippen LogP contribution in [-0.4, -0.2) is 45.9 Å². The Morgan fingerprint density at radius 3 is 2.79 bits per heavy atom. The third-order valence-corrected chi connectivity index (χ3v) is 5.65. The number of pyridine rings is 1. The average Bonchev–Trinajstić information content (AvgIpc) is 3.23. The molecule has 0 N–H and O–H groups in total. The van der Waals surface area contributed by atoms with Gasteiger partial charge in [0.15, 0.2) is 0 Å². The lowest BCUT2D eigenvalue weighted by molar-refractivity contribution is -0.130. The van der Waals surface area contributed by atoms with Crippen LogP contribution < -0.4 is 0 Å². The average molecular weight is 323 g/mol. The van der Waals surface area contributed by atoms with Crippen molar-refractivity contribution in [3.63, 3.8) is 0 Å². The van der Waals surface area contributed by atoms with Gasteiger partial charge >= 0.3 is 0 Å². The molecule has 2 saturated heterocycles. The predicted octanol–water partition coefficient (Wildman–Crippen LogP) is 3.21. The highest BCUT2D eigenvalue weighted by Gasteiger charge is 2.38. The van der Waals surface area contributed by atoms with Crippen LogP contribution in [0.4, 0.5) is 0 Å². The summed E-state index contributed by atoms with van der Waals surface area (Å²) in [6.45, 7) is 4.70. The van der Waals surface area contributed by atoms with Crippen molar-refractivity contribution in [2.45, 2.75) is 51.2 Å². The number of carbonyl (C=O) groups is 1. The van der Waals surface area contributed by atoms with Crippen LogP contribution >= 0.6 is 0 Å². The molecule has 24 heavy (non-hydrogen) atoms. The molecule has 1 aromatic carbocycles. The number of fused-ring (bicyclic) bond motifs is 1. The largest absolute Gasteiger partial charge is 0.338 e. The second-order valence-corrected chi connectivity index (χ2v) is 7.09. The molecule has 126 valence electrons. The van der Waals surface area contributed by atoms with Crippen molar-refractivity contribution in [2.24, 2.45) is 0 Å². The van der Waals surface area contributed by atoms with Gasteiger partial charge in [-0.3, -0.25) is 14.7 Å². The smallest absolute Gasteiger partial charge is 0.219 e. The molecule has 0 unspecified atom stereocenters. The monoisotopic (exact) mass is 323 g/mol. The number of hydrogen-bond donors (Lipinski definition) is 0. The Labute approximate surface area is 143 Å². The molecule has 0 spiro atoms. The molecule has 3 heterocycles. The van der Waals surface area contributed by atoms with E-state index in [-0.39, 0.29) is 5.91 Å². The number of benzene rings is 1. The van der Waals surface area contributed by atoms with Crippen LogP contribution in [0.15, 0.2) is 36.5 Å². The lowest BCUT2D eigenvalue weighted by atomic mass is 10.0. The van der Waals surface area contributed by atoms with Gasteiger partial charge in [0.05, 0.1) is 5.52 Å². The molecular weight excluding hydrogens is 298 g/mol. The molecule has 2 fully saturated rings. The molecular formula is C20H25N3O. The summed E-state index contributed by atoms with van der Waals surface area (Å²) in [6, 6.07) is 11.5. The van der Waals surface area contributed by atoms with E-state index in [1.54, 1.807) is 6.92 Å². The highest BCUT2D eigenvalue weighted by atomic mass is 16.2. The lowest BCUT2D eigenvalue weighted by Gasteiger charge is -2.34. The van der Waals surface area contributed by atoms with Crippen LogP contribution in [0.5, 0.6) is 0 Å². The number of aromatic nitrogens is 1. The zero-order valence-corrected chi connectivity index (χ0v) is 14.3. The molecule has 2 aliphatic rings. The summed E-state index contributed by atoms with van der Waals surface area (Å²) in [5.74, 6) is 0.233. The fourth-order valence-corrected chi connectivity index (χ4v) is 4.58. The van der Waals surface area contributed by atoms with Crippen molar-refractivity contribution in [2.75, 3.05) is 13.1 Å². The van der Waals surface area contributed by atoms with Crippen molar-refractivity contribution < 1.29 is 4.79 Å². The minimum atomic E-state index is 0.233. The zero-order valence-electron chi connectivity index (χ0n) is 14.3. The van der Waals surface area contributed by atoms with Gasteiger partial charge in [0.25, 0.3) is 0 Å². The summed E-state index contributed by atoms with van der Waals surface area (Å²) >= 11 is 0. The molecule has 2 aliphatic heterocycles. The van der Waals surface area contributed by atoms with Crippen molar-refractivity contribution in [1.82, 2.24) is 14.8 Å². The summed E-state index contributed by atoms with van der Waals surface area (Å²) in [6.07, 6.45) is 6.60. The Morgan fingerprint density at radius 1 is 1.12 bits per heavy atom. The van der Waals surface area contributed by atoms with Gasteiger partial charge in [0.1, 0.15) is 0 Å². The van der Waals surface area contributed by atoms with E-state index in [0.717, 1.165) is 38.0 Å². The Kier molecular flexibility index (Phi) is 4.23. The normalized spacial score (nSPS) is 24.8. The fraction of sp³-hybridized carbons (Fsp3) is 0.500. The number of carbonyl (C=O) groups excluding carboxylic acids is 1. The van der Waals surface area contributed by atoms with Gasteiger partial charge in [-0.1, -0.05) is 24.3 Å². The standard InChI is InChI=1S/C20H25N3O/c1-15(24)23-13-5-10-19(23)18-9-4-12-22(18)14-17-7-2-6-16-8-3-11-21-20(16)17/h2-3,6-8,11,18-19H,4-5,9-10,12-14H2,1H3/t18-,19+/m1/s1. The van der Waals surface area contributed by atoms with Gasteiger partial charge in [0, 0.05) is 43.7 Å². The molecule has 0 bridgehead atoms. The van der Waals surface area contributed by atoms with E-state index in [1.165, 1.54) is 23.8 Å². The van der Waals surface area contributed by atoms with Crippen LogP contribution in [0.1, 0.15) is 38.2 Å². The molecule has 2 atom stereocenters. The van der Waals surface area contributed by atoms with E-state index in [2.05, 4.69) is 39.0 Å². The van der Waals surface area contributed by atoms with E-state index in [0.29, 0.717) is 12.1 Å². The van der Waals surface area contributed by atoms with E-state index < -0.39 is 0 Å². The summed E-state index contributed by atoms with van der Waals surface area (Å²) < 4.78 is 0. The SMILES string of the molecule is CC(=O)N1CCC[C@H]1[C@H]1CCCN1Cc1cccc2cccnc12. The van der Waals surface area contributed by atoms with Crippen LogP contribution in [0.25, 0.3) is 10.9 Å². The zero-order chi connectivity index (χ0) is 16.5. The Balaban J connectivity index is 1.58. The molecule has 2 aromatic rings. The highest BCUT2D eigenvalue weighted by Crippen LogP contribution is 2.31. The predicted molar refractivity (Wildman–Crippen MR) is 95.6 cm³/mol. The van der Waals surface area contributed by atoms with Crippen molar-refractivity contribution in [1.29, 1.82) is 0 Å². The highest BCUT2D eigenvalue weighted by molar-refractivity contribution is 5.81. The number of amides is 1. The number of hydrogen-bond acceptors (Lipinski definition) is 3. The van der Waals surface area contributed by atoms with Crippen LogP contribution in [0, 0.1) is 0 Å². The van der Waals surface area contributed by atoms with Gasteiger partial charge < -0.3 is 4.90 Å². The third-order valence-electron chi connectivity index (χ3n) is 5.65. The minimum absolute atomic E-state index is 0.233. The molecule has 0 saturated carbocycles. The fourth-order valence-electron chi connectivity index (χ4n) is 4.58. The van der Waals surface area contributed by atoms with E-state index in [1.807, 2.05) is 12.3 Å². The molecule has 1 aromatic heterocycles. The first kappa shape index (κ1) is 15.6. The van der Waals surface area contributed by atoms with Crippen molar-refractivity contribution >= 4 is 16.8 Å².